The molecule has 0 spiro atoms. The van der Waals surface area contributed by atoms with Crippen molar-refractivity contribution in [3.63, 3.8) is 0 Å². The van der Waals surface area contributed by atoms with E-state index in [2.05, 4.69) is 72.0 Å². The highest BCUT2D eigenvalue weighted by atomic mass is 16.5. The lowest BCUT2D eigenvalue weighted by molar-refractivity contribution is -0.0704. The first-order valence-electron chi connectivity index (χ1n) is 12.3. The Hall–Kier alpha value is -2.41. The molecule has 6 nitrogen and oxygen atoms in total. The van der Waals surface area contributed by atoms with E-state index in [1.54, 1.807) is 0 Å². The van der Waals surface area contributed by atoms with Crippen molar-refractivity contribution >= 4 is 17.3 Å². The summed E-state index contributed by atoms with van der Waals surface area (Å²) in [4.78, 5) is 20.2. The third-order valence-corrected chi connectivity index (χ3v) is 6.76. The van der Waals surface area contributed by atoms with Crippen LogP contribution in [0.4, 0.5) is 11.4 Å². The minimum Gasteiger partial charge on any atom is -0.373 e. The maximum atomic E-state index is 12.9. The highest BCUT2D eigenvalue weighted by Gasteiger charge is 2.22. The molecule has 2 fully saturated rings. The minimum atomic E-state index is -0.0671. The Morgan fingerprint density at radius 1 is 0.970 bits per heavy atom. The van der Waals surface area contributed by atoms with Crippen molar-refractivity contribution in [2.24, 2.45) is 0 Å². The van der Waals surface area contributed by atoms with Crippen LogP contribution in [-0.4, -0.2) is 73.7 Å². The number of anilines is 2. The first kappa shape index (κ1) is 23.7. The predicted octanol–water partition coefficient (Wildman–Crippen LogP) is 4.00. The number of likely N-dealkylation sites (N-methyl/N-ethyl adjacent to an activating group) is 1. The number of aryl methyl sites for hydroxylation is 1. The summed E-state index contributed by atoms with van der Waals surface area (Å²) in [6.07, 6.45) is 0.517. The van der Waals surface area contributed by atoms with E-state index in [0.29, 0.717) is 5.56 Å². The number of nitrogens with one attached hydrogen (secondary N) is 1. The Morgan fingerprint density at radius 3 is 2.24 bits per heavy atom. The van der Waals surface area contributed by atoms with Gasteiger partial charge in [-0.25, -0.2) is 0 Å². The molecular formula is C27H38N4O2. The van der Waals surface area contributed by atoms with Crippen LogP contribution in [0.25, 0.3) is 0 Å². The number of nitrogens with zero attached hydrogens (tertiary/aromatic N) is 3. The van der Waals surface area contributed by atoms with E-state index in [9.17, 15) is 4.79 Å². The fourth-order valence-electron chi connectivity index (χ4n) is 4.93. The maximum absolute atomic E-state index is 12.9. The SMILES string of the molecule is CCN1CCN(c2ccc(NC(=O)c3ccc(CN4CC(C)OC(C)C4)cc3)c(C)c2)CC1. The summed E-state index contributed by atoms with van der Waals surface area (Å²) in [5.74, 6) is -0.0671. The zero-order valence-electron chi connectivity index (χ0n) is 20.5. The van der Waals surface area contributed by atoms with Gasteiger partial charge in [0.2, 0.25) is 0 Å². The standard InChI is InChI=1S/C27H38N4O2/c1-5-29-12-14-31(15-13-29)25-10-11-26(20(2)16-25)28-27(32)24-8-6-23(7-9-24)19-30-17-21(3)33-22(4)18-30/h6-11,16,21-22H,5,12-15,17-19H2,1-4H3,(H,28,32). The van der Waals surface area contributed by atoms with Crippen LogP contribution in [-0.2, 0) is 11.3 Å². The van der Waals surface area contributed by atoms with Crippen LogP contribution in [0, 0.1) is 6.92 Å². The summed E-state index contributed by atoms with van der Waals surface area (Å²) < 4.78 is 5.82. The molecule has 1 N–H and O–H groups in total. The van der Waals surface area contributed by atoms with E-state index in [0.717, 1.165) is 63.6 Å². The van der Waals surface area contributed by atoms with Gasteiger partial charge in [-0.05, 0) is 68.8 Å². The zero-order valence-corrected chi connectivity index (χ0v) is 20.5. The molecule has 0 aromatic heterocycles. The molecule has 0 saturated carbocycles. The zero-order chi connectivity index (χ0) is 23.4. The van der Waals surface area contributed by atoms with Gasteiger partial charge in [0.25, 0.3) is 5.91 Å². The molecule has 2 aliphatic rings. The average molecular weight is 451 g/mol. The molecule has 2 saturated heterocycles. The molecule has 0 radical (unpaired) electrons. The van der Waals surface area contributed by atoms with Gasteiger partial charge in [0.05, 0.1) is 12.2 Å². The van der Waals surface area contributed by atoms with Crippen molar-refractivity contribution in [2.45, 2.75) is 46.4 Å². The average Bonchev–Trinajstić information content (AvgIpc) is 2.80. The number of piperazine rings is 1. The molecule has 1 amide bonds. The van der Waals surface area contributed by atoms with E-state index in [1.165, 1.54) is 11.3 Å². The fraction of sp³-hybridized carbons (Fsp3) is 0.519. The Balaban J connectivity index is 1.34. The van der Waals surface area contributed by atoms with Crippen LogP contribution in [0.1, 0.15) is 42.3 Å². The number of carbonyl (C=O) groups is 1. The topological polar surface area (TPSA) is 48.0 Å². The predicted molar refractivity (Wildman–Crippen MR) is 135 cm³/mol. The van der Waals surface area contributed by atoms with Crippen LogP contribution < -0.4 is 10.2 Å². The molecule has 2 unspecified atom stereocenters. The number of ether oxygens (including phenoxy) is 1. The van der Waals surface area contributed by atoms with Gasteiger partial charge in [0.15, 0.2) is 0 Å². The molecule has 178 valence electrons. The lowest BCUT2D eigenvalue weighted by atomic mass is 10.1. The maximum Gasteiger partial charge on any atom is 0.255 e. The smallest absolute Gasteiger partial charge is 0.255 e. The first-order chi connectivity index (χ1) is 15.9. The summed E-state index contributed by atoms with van der Waals surface area (Å²) in [6.45, 7) is 16.7. The van der Waals surface area contributed by atoms with Crippen LogP contribution in [0.3, 0.4) is 0 Å². The largest absolute Gasteiger partial charge is 0.373 e. The minimum absolute atomic E-state index is 0.0671. The van der Waals surface area contributed by atoms with Crippen molar-refractivity contribution < 1.29 is 9.53 Å². The fourth-order valence-corrected chi connectivity index (χ4v) is 4.93. The second-order valence-electron chi connectivity index (χ2n) is 9.52. The van der Waals surface area contributed by atoms with E-state index < -0.39 is 0 Å². The normalized spacial score (nSPS) is 22.4. The lowest BCUT2D eigenvalue weighted by Crippen LogP contribution is -2.46. The Labute approximate surface area is 198 Å². The van der Waals surface area contributed by atoms with E-state index >= 15 is 0 Å². The molecule has 2 aromatic carbocycles. The summed E-state index contributed by atoms with van der Waals surface area (Å²) in [7, 11) is 0. The highest BCUT2D eigenvalue weighted by Crippen LogP contribution is 2.24. The number of benzene rings is 2. The van der Waals surface area contributed by atoms with Gasteiger partial charge in [-0.3, -0.25) is 9.69 Å². The van der Waals surface area contributed by atoms with Crippen molar-refractivity contribution in [1.29, 1.82) is 0 Å². The number of hydrogen-bond donors (Lipinski definition) is 1. The van der Waals surface area contributed by atoms with E-state index in [4.69, 9.17) is 4.74 Å². The van der Waals surface area contributed by atoms with Crippen LogP contribution in [0.2, 0.25) is 0 Å². The van der Waals surface area contributed by atoms with Crippen LogP contribution in [0.5, 0.6) is 0 Å². The second kappa shape index (κ2) is 10.7. The first-order valence-corrected chi connectivity index (χ1v) is 12.3. The van der Waals surface area contributed by atoms with Crippen molar-refractivity contribution in [1.82, 2.24) is 9.80 Å². The lowest BCUT2D eigenvalue weighted by Gasteiger charge is -2.35. The molecule has 2 atom stereocenters. The number of carbonyl (C=O) groups excluding carboxylic acids is 1. The van der Waals surface area contributed by atoms with Crippen molar-refractivity contribution in [3.05, 3.63) is 59.2 Å². The van der Waals surface area contributed by atoms with E-state index in [1.807, 2.05) is 18.2 Å². The van der Waals surface area contributed by atoms with Crippen LogP contribution >= 0.6 is 0 Å². The highest BCUT2D eigenvalue weighted by molar-refractivity contribution is 6.04. The van der Waals surface area contributed by atoms with Gasteiger partial charge < -0.3 is 19.9 Å². The van der Waals surface area contributed by atoms with Gasteiger partial charge in [0, 0.05) is 62.8 Å². The molecule has 6 heteroatoms. The Bertz CT molecular complexity index is 928. The summed E-state index contributed by atoms with van der Waals surface area (Å²) >= 11 is 0. The van der Waals surface area contributed by atoms with Gasteiger partial charge in [-0.15, -0.1) is 0 Å². The molecular weight excluding hydrogens is 412 g/mol. The van der Waals surface area contributed by atoms with Crippen molar-refractivity contribution in [2.75, 3.05) is 56.0 Å². The molecule has 2 aromatic rings. The van der Waals surface area contributed by atoms with Gasteiger partial charge in [-0.1, -0.05) is 19.1 Å². The molecule has 33 heavy (non-hydrogen) atoms. The quantitative estimate of drug-likeness (QED) is 0.721. The summed E-state index contributed by atoms with van der Waals surface area (Å²) in [5, 5.41) is 3.09. The molecule has 2 aliphatic heterocycles. The third-order valence-electron chi connectivity index (χ3n) is 6.76. The Kier molecular flexibility index (Phi) is 7.68. The van der Waals surface area contributed by atoms with Crippen LogP contribution in [0.15, 0.2) is 42.5 Å². The molecule has 4 rings (SSSR count). The summed E-state index contributed by atoms with van der Waals surface area (Å²) in [5.41, 5.74) is 5.10. The Morgan fingerprint density at radius 2 is 1.64 bits per heavy atom. The summed E-state index contributed by atoms with van der Waals surface area (Å²) in [6, 6.07) is 14.3. The number of hydrogen-bond acceptors (Lipinski definition) is 5. The van der Waals surface area contributed by atoms with Gasteiger partial charge in [0.1, 0.15) is 0 Å². The van der Waals surface area contributed by atoms with Gasteiger partial charge >= 0.3 is 0 Å². The van der Waals surface area contributed by atoms with Gasteiger partial charge in [-0.2, -0.15) is 0 Å². The monoisotopic (exact) mass is 450 g/mol. The number of rotatable bonds is 6. The number of morpholine rings is 1. The number of amides is 1. The third kappa shape index (κ3) is 6.14. The second-order valence-corrected chi connectivity index (χ2v) is 9.52. The van der Waals surface area contributed by atoms with Crippen molar-refractivity contribution in [3.8, 4) is 0 Å². The van der Waals surface area contributed by atoms with E-state index in [-0.39, 0.29) is 18.1 Å². The molecule has 2 heterocycles. The molecule has 0 aliphatic carbocycles. The molecule has 0 bridgehead atoms.